The van der Waals surface area contributed by atoms with Crippen LogP contribution in [0.2, 0.25) is 0 Å². The lowest BCUT2D eigenvalue weighted by atomic mass is 9.76. The summed E-state index contributed by atoms with van der Waals surface area (Å²) < 4.78 is 0. The average Bonchev–Trinajstić information content (AvgIpc) is 2.46. The molecular formula is C16H22N2O3. The standard InChI is InChI=1S/C16H22N2O3/c1-3-16(15(20)21)6-8-18(9-7-16)13-10-11(2)4-5-12(13)14(17)19/h4-5,10H,3,6-9H2,1-2H3,(H2,17,19)(H,20,21). The number of anilines is 1. The van der Waals surface area contributed by atoms with Gasteiger partial charge in [-0.15, -0.1) is 0 Å². The molecule has 1 aromatic carbocycles. The number of aliphatic carboxylic acids is 1. The van der Waals surface area contributed by atoms with Crippen LogP contribution in [-0.2, 0) is 4.79 Å². The predicted octanol–water partition coefficient (Wildman–Crippen LogP) is 2.18. The molecule has 1 saturated heterocycles. The molecular weight excluding hydrogens is 268 g/mol. The molecule has 114 valence electrons. The molecule has 1 aromatic rings. The minimum atomic E-state index is -0.719. The Balaban J connectivity index is 2.25. The second-order valence-corrected chi connectivity index (χ2v) is 5.81. The first-order valence-electron chi connectivity index (χ1n) is 7.28. The Morgan fingerprint density at radius 1 is 1.33 bits per heavy atom. The van der Waals surface area contributed by atoms with E-state index in [9.17, 15) is 14.7 Å². The van der Waals surface area contributed by atoms with Crippen molar-refractivity contribution >= 4 is 17.6 Å². The van der Waals surface area contributed by atoms with Crippen molar-refractivity contribution in [3.8, 4) is 0 Å². The van der Waals surface area contributed by atoms with E-state index in [1.807, 2.05) is 26.0 Å². The zero-order chi connectivity index (χ0) is 15.6. The number of nitrogens with two attached hydrogens (primary N) is 1. The number of hydrogen-bond donors (Lipinski definition) is 2. The quantitative estimate of drug-likeness (QED) is 0.890. The van der Waals surface area contributed by atoms with E-state index in [4.69, 9.17) is 5.73 Å². The van der Waals surface area contributed by atoms with Crippen molar-refractivity contribution < 1.29 is 14.7 Å². The van der Waals surface area contributed by atoms with Crippen molar-refractivity contribution in [3.63, 3.8) is 0 Å². The van der Waals surface area contributed by atoms with Gasteiger partial charge in [0.15, 0.2) is 0 Å². The molecule has 21 heavy (non-hydrogen) atoms. The van der Waals surface area contributed by atoms with Crippen molar-refractivity contribution in [3.05, 3.63) is 29.3 Å². The van der Waals surface area contributed by atoms with Crippen molar-refractivity contribution in [1.29, 1.82) is 0 Å². The summed E-state index contributed by atoms with van der Waals surface area (Å²) in [7, 11) is 0. The van der Waals surface area contributed by atoms with Crippen LogP contribution in [0.4, 0.5) is 5.69 Å². The van der Waals surface area contributed by atoms with E-state index in [0.29, 0.717) is 37.9 Å². The monoisotopic (exact) mass is 290 g/mol. The van der Waals surface area contributed by atoms with Gasteiger partial charge in [-0.2, -0.15) is 0 Å². The normalized spacial score (nSPS) is 17.5. The summed E-state index contributed by atoms with van der Waals surface area (Å²) in [4.78, 5) is 25.1. The van der Waals surface area contributed by atoms with Crippen LogP contribution in [-0.4, -0.2) is 30.1 Å². The molecule has 1 aliphatic rings. The van der Waals surface area contributed by atoms with Gasteiger partial charge in [0.05, 0.1) is 11.0 Å². The largest absolute Gasteiger partial charge is 0.481 e. The van der Waals surface area contributed by atoms with Crippen LogP contribution in [0.3, 0.4) is 0 Å². The number of benzene rings is 1. The Kier molecular flexibility index (Phi) is 4.21. The van der Waals surface area contributed by atoms with Crippen LogP contribution >= 0.6 is 0 Å². The van der Waals surface area contributed by atoms with E-state index in [1.165, 1.54) is 0 Å². The average molecular weight is 290 g/mol. The van der Waals surface area contributed by atoms with E-state index in [-0.39, 0.29) is 0 Å². The fraction of sp³-hybridized carbons (Fsp3) is 0.500. The second-order valence-electron chi connectivity index (χ2n) is 5.81. The highest BCUT2D eigenvalue weighted by Crippen LogP contribution is 2.37. The maximum absolute atomic E-state index is 11.6. The summed E-state index contributed by atoms with van der Waals surface area (Å²) in [6.45, 7) is 5.14. The number of piperidine rings is 1. The van der Waals surface area contributed by atoms with Gasteiger partial charge in [0.2, 0.25) is 0 Å². The molecule has 0 aliphatic carbocycles. The van der Waals surface area contributed by atoms with E-state index >= 15 is 0 Å². The van der Waals surface area contributed by atoms with Crippen molar-refractivity contribution in [2.75, 3.05) is 18.0 Å². The van der Waals surface area contributed by atoms with Gasteiger partial charge in [0.1, 0.15) is 0 Å². The van der Waals surface area contributed by atoms with Crippen LogP contribution in [0.25, 0.3) is 0 Å². The Morgan fingerprint density at radius 3 is 2.43 bits per heavy atom. The fourth-order valence-electron chi connectivity index (χ4n) is 3.01. The summed E-state index contributed by atoms with van der Waals surface area (Å²) in [5, 5.41) is 9.44. The molecule has 1 amide bonds. The first-order chi connectivity index (χ1) is 9.89. The zero-order valence-electron chi connectivity index (χ0n) is 12.6. The van der Waals surface area contributed by atoms with Crippen molar-refractivity contribution in [1.82, 2.24) is 0 Å². The molecule has 0 unspecified atom stereocenters. The van der Waals surface area contributed by atoms with Crippen molar-refractivity contribution in [2.24, 2.45) is 11.1 Å². The molecule has 0 radical (unpaired) electrons. The van der Waals surface area contributed by atoms with Gasteiger partial charge in [-0.25, -0.2) is 0 Å². The van der Waals surface area contributed by atoms with E-state index < -0.39 is 17.3 Å². The predicted molar refractivity (Wildman–Crippen MR) is 81.5 cm³/mol. The van der Waals surface area contributed by atoms with Gasteiger partial charge in [-0.1, -0.05) is 13.0 Å². The summed E-state index contributed by atoms with van der Waals surface area (Å²) in [5.74, 6) is -1.17. The number of primary amides is 1. The summed E-state index contributed by atoms with van der Waals surface area (Å²) in [5.41, 5.74) is 7.18. The lowest BCUT2D eigenvalue weighted by Gasteiger charge is -2.40. The van der Waals surface area contributed by atoms with Crippen LogP contribution in [0.5, 0.6) is 0 Å². The third kappa shape index (κ3) is 2.86. The number of rotatable bonds is 4. The van der Waals surface area contributed by atoms with Crippen LogP contribution in [0, 0.1) is 12.3 Å². The minimum absolute atomic E-state index is 0.449. The first kappa shape index (κ1) is 15.4. The van der Waals surface area contributed by atoms with E-state index in [1.54, 1.807) is 6.07 Å². The molecule has 2 rings (SSSR count). The highest BCUT2D eigenvalue weighted by Gasteiger charge is 2.40. The SMILES string of the molecule is CCC1(C(=O)O)CCN(c2cc(C)ccc2C(N)=O)CC1. The molecule has 0 atom stereocenters. The van der Waals surface area contributed by atoms with Crippen LogP contribution in [0.15, 0.2) is 18.2 Å². The summed E-state index contributed by atoms with van der Waals surface area (Å²) >= 11 is 0. The fourth-order valence-corrected chi connectivity index (χ4v) is 3.01. The first-order valence-corrected chi connectivity index (χ1v) is 7.28. The van der Waals surface area contributed by atoms with Gasteiger partial charge in [0.25, 0.3) is 5.91 Å². The highest BCUT2D eigenvalue weighted by atomic mass is 16.4. The lowest BCUT2D eigenvalue weighted by Crippen LogP contribution is -2.44. The van der Waals surface area contributed by atoms with Crippen LogP contribution in [0.1, 0.15) is 42.1 Å². The smallest absolute Gasteiger partial charge is 0.309 e. The molecule has 3 N–H and O–H groups in total. The van der Waals surface area contributed by atoms with E-state index in [2.05, 4.69) is 4.90 Å². The van der Waals surface area contributed by atoms with Gasteiger partial charge in [-0.3, -0.25) is 9.59 Å². The maximum Gasteiger partial charge on any atom is 0.309 e. The van der Waals surface area contributed by atoms with Crippen molar-refractivity contribution in [2.45, 2.75) is 33.1 Å². The number of aryl methyl sites for hydroxylation is 1. The van der Waals surface area contributed by atoms with Gasteiger partial charge < -0.3 is 15.7 Å². The minimum Gasteiger partial charge on any atom is -0.481 e. The molecule has 0 spiro atoms. The number of hydrogen-bond acceptors (Lipinski definition) is 3. The topological polar surface area (TPSA) is 83.6 Å². The Labute approximate surface area is 124 Å². The molecule has 5 nitrogen and oxygen atoms in total. The molecule has 1 heterocycles. The lowest BCUT2D eigenvalue weighted by molar-refractivity contribution is -0.150. The Morgan fingerprint density at radius 2 is 1.95 bits per heavy atom. The second kappa shape index (κ2) is 5.76. The van der Waals surface area contributed by atoms with E-state index in [0.717, 1.165) is 11.3 Å². The summed E-state index contributed by atoms with van der Waals surface area (Å²) in [6, 6.07) is 5.55. The molecule has 0 bridgehead atoms. The molecule has 5 heteroatoms. The number of amides is 1. The molecule has 1 aliphatic heterocycles. The summed E-state index contributed by atoms with van der Waals surface area (Å²) in [6.07, 6.45) is 1.81. The zero-order valence-corrected chi connectivity index (χ0v) is 12.6. The highest BCUT2D eigenvalue weighted by molar-refractivity contribution is 5.98. The third-order valence-corrected chi connectivity index (χ3v) is 4.61. The number of nitrogens with zero attached hydrogens (tertiary/aromatic N) is 1. The van der Waals surface area contributed by atoms with Gasteiger partial charge in [0, 0.05) is 18.8 Å². The Hall–Kier alpha value is -2.04. The van der Waals surface area contributed by atoms with Crippen LogP contribution < -0.4 is 10.6 Å². The molecule has 0 saturated carbocycles. The Bertz CT molecular complexity index is 561. The van der Waals surface area contributed by atoms with Gasteiger partial charge >= 0.3 is 5.97 Å². The number of carbonyl (C=O) groups is 2. The molecule has 0 aromatic heterocycles. The molecule has 1 fully saturated rings. The maximum atomic E-state index is 11.6. The van der Waals surface area contributed by atoms with Gasteiger partial charge in [-0.05, 0) is 43.9 Å². The number of carbonyl (C=O) groups excluding carboxylic acids is 1. The third-order valence-electron chi connectivity index (χ3n) is 4.61. The number of carboxylic acids is 1. The number of carboxylic acid groups (broad SMARTS) is 1.